The first-order valence-corrected chi connectivity index (χ1v) is 24.3. The van der Waals surface area contributed by atoms with Gasteiger partial charge in [-0.05, 0) is 69.8 Å². The van der Waals surface area contributed by atoms with Gasteiger partial charge in [0.15, 0.2) is 23.6 Å². The topological polar surface area (TPSA) is 190 Å². The van der Waals surface area contributed by atoms with Gasteiger partial charge in [0.1, 0.15) is 29.6 Å². The summed E-state index contributed by atoms with van der Waals surface area (Å²) in [5.41, 5.74) is 3.88. The second-order valence-electron chi connectivity index (χ2n) is 16.3. The van der Waals surface area contributed by atoms with Crippen LogP contribution >= 0.6 is 11.8 Å². The van der Waals surface area contributed by atoms with Crippen molar-refractivity contribution in [1.82, 2.24) is 10.2 Å². The molecule has 3 amide bonds. The highest BCUT2D eigenvalue weighted by Gasteiger charge is 2.61. The molecule has 3 aliphatic rings. The van der Waals surface area contributed by atoms with Gasteiger partial charge < -0.3 is 33.6 Å². The molecular weight excluding hydrogens is 935 g/mol. The Morgan fingerprint density at radius 1 is 0.743 bits per heavy atom. The molecule has 1 fully saturated rings. The van der Waals surface area contributed by atoms with Crippen LogP contribution in [0.1, 0.15) is 42.2 Å². The molecule has 0 aliphatic carbocycles. The summed E-state index contributed by atoms with van der Waals surface area (Å²) in [5.74, 6) is -1.97. The summed E-state index contributed by atoms with van der Waals surface area (Å²) in [6.45, 7) is 2.39. The van der Waals surface area contributed by atoms with Crippen molar-refractivity contribution >= 4 is 70.1 Å². The van der Waals surface area contributed by atoms with E-state index in [0.29, 0.717) is 33.6 Å². The van der Waals surface area contributed by atoms with Crippen molar-refractivity contribution in [3.8, 4) is 23.0 Å². The molecule has 6 aromatic carbocycles. The zero-order valence-electron chi connectivity index (χ0n) is 37.6. The van der Waals surface area contributed by atoms with Gasteiger partial charge in [-0.3, -0.25) is 24.1 Å². The summed E-state index contributed by atoms with van der Waals surface area (Å²) >= 11 is -0.336. The maximum Gasteiger partial charge on any atom is 0.419 e. The van der Waals surface area contributed by atoms with Crippen LogP contribution in [-0.4, -0.2) is 68.2 Å². The predicted molar refractivity (Wildman–Crippen MR) is 259 cm³/mol. The summed E-state index contributed by atoms with van der Waals surface area (Å²) in [7, 11) is 0. The van der Waals surface area contributed by atoms with Gasteiger partial charge >= 0.3 is 24.0 Å². The van der Waals surface area contributed by atoms with Crippen molar-refractivity contribution in [1.29, 1.82) is 0 Å². The standard InChI is InChI=1S/C53H43N3O12S2/c1-32(57)65-39-20-24-42-44(27-39)67-45-28-40(66-33(2)58)21-25-43(45)55(42)53(62)64-29-35-18-22-41(23-19-35)69-30-38-31-70(63)51-47(54-46(59)26-34-12-6-3-7-13-34)50(60)56(51)48(38)52(61)68-49(36-14-8-4-9-15-36)37-16-10-5-11-17-37/h3-25,27-28,47,49,51H,26,29-31H2,1-2H3,(H,54,59). The molecule has 0 saturated carbocycles. The molecule has 17 heteroatoms. The van der Waals surface area contributed by atoms with Crippen LogP contribution in [0.3, 0.4) is 0 Å². The maximum absolute atomic E-state index is 14.6. The number of thioether (sulfide) groups is 1. The third-order valence-electron chi connectivity index (χ3n) is 11.3. The average molecular weight is 978 g/mol. The van der Waals surface area contributed by atoms with Gasteiger partial charge in [0.25, 0.3) is 5.91 Å². The Balaban J connectivity index is 0.926. The molecule has 1 N–H and O–H groups in total. The van der Waals surface area contributed by atoms with Crippen LogP contribution in [0.4, 0.5) is 16.2 Å². The monoisotopic (exact) mass is 977 g/mol. The van der Waals surface area contributed by atoms with Crippen molar-refractivity contribution in [2.24, 2.45) is 0 Å². The fraction of sp³-hybridized carbons (Fsp3) is 0.170. The number of benzene rings is 6. The number of ether oxygens (including phenoxy) is 5. The molecule has 3 heterocycles. The summed E-state index contributed by atoms with van der Waals surface area (Å²) in [6, 6.07) is 42.7. The molecule has 0 bridgehead atoms. The number of nitrogens with zero attached hydrogens (tertiary/aromatic N) is 2. The smallest absolute Gasteiger partial charge is 0.419 e. The molecule has 0 spiro atoms. The molecule has 70 heavy (non-hydrogen) atoms. The highest BCUT2D eigenvalue weighted by atomic mass is 32.2. The fourth-order valence-corrected chi connectivity index (χ4v) is 10.9. The number of fused-ring (bicyclic) bond motifs is 3. The second kappa shape index (κ2) is 20.8. The molecule has 0 radical (unpaired) electrons. The van der Waals surface area contributed by atoms with Crippen molar-refractivity contribution in [2.75, 3.05) is 16.4 Å². The first kappa shape index (κ1) is 47.2. The number of carbonyl (C=O) groups excluding carboxylic acids is 6. The van der Waals surface area contributed by atoms with Crippen LogP contribution in [0.5, 0.6) is 23.0 Å². The lowest BCUT2D eigenvalue weighted by molar-refractivity contribution is -0.155. The highest BCUT2D eigenvalue weighted by Crippen LogP contribution is 2.49. The second-order valence-corrected chi connectivity index (χ2v) is 18.8. The Labute approximate surface area is 409 Å². The Morgan fingerprint density at radius 2 is 1.30 bits per heavy atom. The van der Waals surface area contributed by atoms with Crippen LogP contribution < -0.4 is 24.4 Å². The Bertz CT molecular complexity index is 2900. The Morgan fingerprint density at radius 3 is 1.86 bits per heavy atom. The quantitative estimate of drug-likeness (QED) is 0.0360. The van der Waals surface area contributed by atoms with Crippen LogP contribution in [-0.2, 0) is 57.6 Å². The number of nitrogens with one attached hydrogen (secondary N) is 1. The normalized spacial score (nSPS) is 16.7. The van der Waals surface area contributed by atoms with E-state index in [1.807, 2.05) is 91.0 Å². The van der Waals surface area contributed by atoms with E-state index in [9.17, 15) is 33.3 Å². The SMILES string of the molecule is CC(=O)Oc1ccc2c(c1)Oc1cc(OC(C)=O)ccc1N2C(=O)OCc1ccc(SCC2=C(C(=O)OC(c3ccccc3)c3ccccc3)N3C(=O)C(NC(=O)Cc4ccccc4)C3[S+]([O-])C2)cc1. The van der Waals surface area contributed by atoms with E-state index in [-0.39, 0.29) is 53.2 Å². The minimum atomic E-state index is -1.69. The van der Waals surface area contributed by atoms with Crippen molar-refractivity contribution in [3.63, 3.8) is 0 Å². The van der Waals surface area contributed by atoms with E-state index in [2.05, 4.69) is 5.32 Å². The summed E-state index contributed by atoms with van der Waals surface area (Å²) < 4.78 is 42.6. The lowest BCUT2D eigenvalue weighted by Crippen LogP contribution is -2.75. The lowest BCUT2D eigenvalue weighted by Gasteiger charge is -2.49. The zero-order valence-corrected chi connectivity index (χ0v) is 39.2. The summed E-state index contributed by atoms with van der Waals surface area (Å²) in [4.78, 5) is 82.2. The van der Waals surface area contributed by atoms with Crippen LogP contribution in [0.2, 0.25) is 0 Å². The van der Waals surface area contributed by atoms with Crippen molar-refractivity contribution in [3.05, 3.63) is 185 Å². The summed E-state index contributed by atoms with van der Waals surface area (Å²) in [5, 5.41) is 1.78. The van der Waals surface area contributed by atoms with Gasteiger partial charge in [-0.25, -0.2) is 14.5 Å². The van der Waals surface area contributed by atoms with Crippen LogP contribution in [0.25, 0.3) is 0 Å². The average Bonchev–Trinajstić information content (AvgIpc) is 3.35. The first-order valence-electron chi connectivity index (χ1n) is 22.0. The van der Waals surface area contributed by atoms with Gasteiger partial charge in [0.2, 0.25) is 11.3 Å². The maximum atomic E-state index is 14.6. The van der Waals surface area contributed by atoms with Gasteiger partial charge in [-0.15, -0.1) is 11.8 Å². The number of amides is 3. The number of hydrogen-bond acceptors (Lipinski definition) is 13. The number of carbonyl (C=O) groups is 6. The van der Waals surface area contributed by atoms with E-state index in [0.717, 1.165) is 10.5 Å². The van der Waals surface area contributed by atoms with E-state index in [1.165, 1.54) is 59.7 Å². The van der Waals surface area contributed by atoms with Crippen molar-refractivity contribution in [2.45, 2.75) is 49.3 Å². The molecule has 0 aromatic heterocycles. The van der Waals surface area contributed by atoms with Gasteiger partial charge in [-0.2, -0.15) is 0 Å². The molecule has 1 saturated heterocycles. The lowest BCUT2D eigenvalue weighted by atomic mass is 10.0. The van der Waals surface area contributed by atoms with Crippen molar-refractivity contribution < 1.29 is 57.0 Å². The number of β-lactam (4-membered cyclic amide) rings is 1. The molecule has 3 aliphatic heterocycles. The molecule has 3 unspecified atom stereocenters. The molecule has 6 aromatic rings. The minimum Gasteiger partial charge on any atom is -0.614 e. The first-order chi connectivity index (χ1) is 33.9. The largest absolute Gasteiger partial charge is 0.614 e. The number of anilines is 2. The Kier molecular flexibility index (Phi) is 14.0. The Hall–Kier alpha value is -7.86. The zero-order chi connectivity index (χ0) is 48.9. The third kappa shape index (κ3) is 10.4. The minimum absolute atomic E-state index is 0.00693. The fourth-order valence-electron chi connectivity index (χ4n) is 8.19. The number of rotatable bonds is 14. The van der Waals surface area contributed by atoms with Gasteiger partial charge in [0.05, 0.1) is 17.8 Å². The van der Waals surface area contributed by atoms with E-state index in [4.69, 9.17) is 23.7 Å². The van der Waals surface area contributed by atoms with Gasteiger partial charge in [-0.1, -0.05) is 103 Å². The highest BCUT2D eigenvalue weighted by molar-refractivity contribution is 7.99. The number of esters is 3. The molecule has 9 rings (SSSR count). The van der Waals surface area contributed by atoms with Gasteiger partial charge in [0, 0.05) is 42.2 Å². The number of hydrogen-bond donors (Lipinski definition) is 1. The molecule has 354 valence electrons. The van der Waals surface area contributed by atoms with E-state index >= 15 is 0 Å². The van der Waals surface area contributed by atoms with E-state index in [1.54, 1.807) is 36.4 Å². The third-order valence-corrected chi connectivity index (χ3v) is 14.1. The molecular formula is C53H43N3O12S2. The van der Waals surface area contributed by atoms with Crippen LogP contribution in [0.15, 0.2) is 168 Å². The molecule has 3 atom stereocenters. The molecule has 15 nitrogen and oxygen atoms in total. The predicted octanol–water partition coefficient (Wildman–Crippen LogP) is 8.45. The summed E-state index contributed by atoms with van der Waals surface area (Å²) in [6.07, 6.45) is -1.55. The van der Waals surface area contributed by atoms with Crippen LogP contribution in [0, 0.1) is 0 Å². The van der Waals surface area contributed by atoms with E-state index < -0.39 is 64.5 Å².